The SMILES string of the molecule is Cc1nc(CN2CCC(Oc3cccc4c3ccn4CC(N)=O)CC2)cs1. The number of ether oxygens (including phenoxy) is 1. The molecule has 0 atom stereocenters. The van der Waals surface area contributed by atoms with Crippen LogP contribution < -0.4 is 10.5 Å². The lowest BCUT2D eigenvalue weighted by Crippen LogP contribution is -2.37. The van der Waals surface area contributed by atoms with E-state index >= 15 is 0 Å². The van der Waals surface area contributed by atoms with Gasteiger partial charge in [-0.15, -0.1) is 11.3 Å². The van der Waals surface area contributed by atoms with Crippen molar-refractivity contribution in [2.24, 2.45) is 5.73 Å². The number of thiazole rings is 1. The Hall–Kier alpha value is -2.38. The summed E-state index contributed by atoms with van der Waals surface area (Å²) in [5.74, 6) is 0.533. The molecule has 0 aliphatic carbocycles. The topological polar surface area (TPSA) is 73.4 Å². The van der Waals surface area contributed by atoms with Crippen molar-refractivity contribution >= 4 is 28.1 Å². The summed E-state index contributed by atoms with van der Waals surface area (Å²) in [6, 6.07) is 7.95. The van der Waals surface area contributed by atoms with E-state index < -0.39 is 0 Å². The minimum absolute atomic E-state index is 0.182. The molecule has 0 bridgehead atoms. The number of fused-ring (bicyclic) bond motifs is 1. The predicted molar refractivity (Wildman–Crippen MR) is 107 cm³/mol. The molecule has 1 aliphatic rings. The van der Waals surface area contributed by atoms with Crippen LogP contribution in [0.3, 0.4) is 0 Å². The van der Waals surface area contributed by atoms with Crippen molar-refractivity contribution in [3.8, 4) is 5.75 Å². The van der Waals surface area contributed by atoms with Gasteiger partial charge in [0.25, 0.3) is 0 Å². The molecule has 2 aromatic heterocycles. The van der Waals surface area contributed by atoms with Crippen LogP contribution in [0.2, 0.25) is 0 Å². The predicted octanol–water partition coefficient (Wildman–Crippen LogP) is 2.93. The summed E-state index contributed by atoms with van der Waals surface area (Å²) in [6.45, 7) is 5.18. The van der Waals surface area contributed by atoms with Crippen LogP contribution in [0.5, 0.6) is 5.75 Å². The summed E-state index contributed by atoms with van der Waals surface area (Å²) in [5, 5.41) is 4.30. The first-order valence-electron chi connectivity index (χ1n) is 9.24. The average molecular weight is 385 g/mol. The van der Waals surface area contributed by atoms with Crippen molar-refractivity contribution in [3.63, 3.8) is 0 Å². The number of piperidine rings is 1. The third-order valence-electron chi connectivity index (χ3n) is 4.98. The Morgan fingerprint density at radius 3 is 2.85 bits per heavy atom. The summed E-state index contributed by atoms with van der Waals surface area (Å²) in [7, 11) is 0. The number of hydrogen-bond acceptors (Lipinski definition) is 5. The van der Waals surface area contributed by atoms with Gasteiger partial charge in [0, 0.05) is 36.6 Å². The summed E-state index contributed by atoms with van der Waals surface area (Å²) >= 11 is 1.71. The van der Waals surface area contributed by atoms with Gasteiger partial charge in [0.1, 0.15) is 18.4 Å². The molecule has 2 N–H and O–H groups in total. The van der Waals surface area contributed by atoms with Gasteiger partial charge in [0.2, 0.25) is 5.91 Å². The summed E-state index contributed by atoms with van der Waals surface area (Å²) in [4.78, 5) is 18.2. The van der Waals surface area contributed by atoms with Crippen LogP contribution in [-0.4, -0.2) is 39.6 Å². The highest BCUT2D eigenvalue weighted by Crippen LogP contribution is 2.29. The lowest BCUT2D eigenvalue weighted by atomic mass is 10.1. The molecule has 0 spiro atoms. The number of carbonyl (C=O) groups is 1. The van der Waals surface area contributed by atoms with Crippen LogP contribution >= 0.6 is 11.3 Å². The molecule has 1 amide bonds. The highest BCUT2D eigenvalue weighted by atomic mass is 32.1. The van der Waals surface area contributed by atoms with E-state index in [1.807, 2.05) is 42.0 Å². The van der Waals surface area contributed by atoms with Gasteiger partial charge in [-0.3, -0.25) is 9.69 Å². The highest BCUT2D eigenvalue weighted by molar-refractivity contribution is 7.09. The lowest BCUT2D eigenvalue weighted by Gasteiger charge is -2.31. The van der Waals surface area contributed by atoms with Gasteiger partial charge >= 0.3 is 0 Å². The van der Waals surface area contributed by atoms with Gasteiger partial charge in [-0.25, -0.2) is 4.98 Å². The number of nitrogens with two attached hydrogens (primary N) is 1. The van der Waals surface area contributed by atoms with E-state index in [1.54, 1.807) is 11.3 Å². The van der Waals surface area contributed by atoms with E-state index in [4.69, 9.17) is 10.5 Å². The zero-order valence-corrected chi connectivity index (χ0v) is 16.2. The summed E-state index contributed by atoms with van der Waals surface area (Å²) in [5.41, 5.74) is 7.47. The molecule has 4 rings (SSSR count). The molecule has 142 valence electrons. The minimum atomic E-state index is -0.346. The largest absolute Gasteiger partial charge is 0.490 e. The van der Waals surface area contributed by atoms with Gasteiger partial charge in [0.15, 0.2) is 0 Å². The number of aryl methyl sites for hydroxylation is 1. The van der Waals surface area contributed by atoms with Gasteiger partial charge in [0.05, 0.1) is 16.2 Å². The fourth-order valence-corrected chi connectivity index (χ4v) is 4.28. The standard InChI is InChI=1S/C20H24N4O2S/c1-14-22-15(13-27-14)11-23-8-5-16(6-9-23)26-19-4-2-3-18-17(19)7-10-24(18)12-20(21)25/h2-4,7,10,13,16H,5-6,8-9,11-12H2,1H3,(H2,21,25). The van der Waals surface area contributed by atoms with Gasteiger partial charge in [-0.1, -0.05) is 6.07 Å². The zero-order chi connectivity index (χ0) is 18.8. The maximum Gasteiger partial charge on any atom is 0.237 e. The van der Waals surface area contributed by atoms with E-state index in [9.17, 15) is 4.79 Å². The Balaban J connectivity index is 1.39. The normalized spacial score (nSPS) is 16.0. The number of rotatable bonds is 6. The molecule has 27 heavy (non-hydrogen) atoms. The van der Waals surface area contributed by atoms with Gasteiger partial charge in [-0.05, 0) is 38.0 Å². The molecule has 1 saturated heterocycles. The molecular formula is C20H24N4O2S. The Morgan fingerprint density at radius 1 is 1.33 bits per heavy atom. The number of primary amides is 1. The Kier molecular flexibility index (Phi) is 5.13. The quantitative estimate of drug-likeness (QED) is 0.709. The van der Waals surface area contributed by atoms with Crippen molar-refractivity contribution < 1.29 is 9.53 Å². The molecule has 3 heterocycles. The first-order valence-corrected chi connectivity index (χ1v) is 10.1. The third-order valence-corrected chi connectivity index (χ3v) is 5.80. The van der Waals surface area contributed by atoms with E-state index in [0.717, 1.165) is 59.8 Å². The van der Waals surface area contributed by atoms with Crippen LogP contribution in [0.4, 0.5) is 0 Å². The Morgan fingerprint density at radius 2 is 2.15 bits per heavy atom. The van der Waals surface area contributed by atoms with Crippen LogP contribution in [0, 0.1) is 6.92 Å². The van der Waals surface area contributed by atoms with Crippen molar-refractivity contribution in [2.45, 2.75) is 39.0 Å². The first-order chi connectivity index (χ1) is 13.1. The monoisotopic (exact) mass is 384 g/mol. The average Bonchev–Trinajstić information content (AvgIpc) is 3.23. The highest BCUT2D eigenvalue weighted by Gasteiger charge is 2.22. The number of nitrogens with zero attached hydrogens (tertiary/aromatic N) is 3. The zero-order valence-electron chi connectivity index (χ0n) is 15.4. The molecule has 0 radical (unpaired) electrons. The van der Waals surface area contributed by atoms with Crippen molar-refractivity contribution in [1.29, 1.82) is 0 Å². The molecule has 6 nitrogen and oxygen atoms in total. The molecule has 3 aromatic rings. The van der Waals surface area contributed by atoms with Gasteiger partial charge < -0.3 is 15.0 Å². The van der Waals surface area contributed by atoms with Crippen molar-refractivity contribution in [2.75, 3.05) is 13.1 Å². The molecule has 1 aliphatic heterocycles. The Labute approximate surface area is 162 Å². The molecule has 7 heteroatoms. The maximum atomic E-state index is 11.2. The van der Waals surface area contributed by atoms with Gasteiger partial charge in [-0.2, -0.15) is 0 Å². The molecular weight excluding hydrogens is 360 g/mol. The maximum absolute atomic E-state index is 11.2. The summed E-state index contributed by atoms with van der Waals surface area (Å²) < 4.78 is 8.18. The fraction of sp³-hybridized carbons (Fsp3) is 0.400. The number of aromatic nitrogens is 2. The molecule has 1 aromatic carbocycles. The van der Waals surface area contributed by atoms with Crippen LogP contribution in [0.15, 0.2) is 35.8 Å². The minimum Gasteiger partial charge on any atom is -0.490 e. The smallest absolute Gasteiger partial charge is 0.237 e. The van der Waals surface area contributed by atoms with E-state index in [-0.39, 0.29) is 18.6 Å². The van der Waals surface area contributed by atoms with E-state index in [0.29, 0.717) is 0 Å². The molecule has 1 fully saturated rings. The van der Waals surface area contributed by atoms with Crippen molar-refractivity contribution in [3.05, 3.63) is 46.5 Å². The fourth-order valence-electron chi connectivity index (χ4n) is 3.68. The van der Waals surface area contributed by atoms with E-state index in [1.165, 1.54) is 0 Å². The van der Waals surface area contributed by atoms with E-state index in [2.05, 4.69) is 15.3 Å². The van der Waals surface area contributed by atoms with Crippen LogP contribution in [0.25, 0.3) is 10.9 Å². The van der Waals surface area contributed by atoms with Crippen LogP contribution in [0.1, 0.15) is 23.5 Å². The number of likely N-dealkylation sites (tertiary alicyclic amines) is 1. The Bertz CT molecular complexity index is 941. The van der Waals surface area contributed by atoms with Crippen LogP contribution in [-0.2, 0) is 17.9 Å². The second-order valence-electron chi connectivity index (χ2n) is 7.05. The lowest BCUT2D eigenvalue weighted by molar-refractivity contribution is -0.118. The van der Waals surface area contributed by atoms with Crippen molar-refractivity contribution in [1.82, 2.24) is 14.5 Å². The second kappa shape index (κ2) is 7.70. The number of hydrogen-bond donors (Lipinski definition) is 1. The number of carbonyl (C=O) groups excluding carboxylic acids is 1. The number of benzene rings is 1. The molecule has 0 unspecified atom stereocenters. The number of amides is 1. The first kappa shape index (κ1) is 18.0. The molecule has 0 saturated carbocycles. The summed E-state index contributed by atoms with van der Waals surface area (Å²) in [6.07, 6.45) is 4.10. The third kappa shape index (κ3) is 4.14. The second-order valence-corrected chi connectivity index (χ2v) is 8.11.